The number of rotatable bonds is 19. The molecule has 54 heavy (non-hydrogen) atoms. The van der Waals surface area contributed by atoms with Gasteiger partial charge in [0.05, 0.1) is 31.7 Å². The summed E-state index contributed by atoms with van der Waals surface area (Å²) >= 11 is 0. The summed E-state index contributed by atoms with van der Waals surface area (Å²) in [6, 6.07) is 6.53. The lowest BCUT2D eigenvalue weighted by Crippen LogP contribution is -2.58. The fraction of sp³-hybridized carbons (Fsp3) is 0.675. The molecule has 5 amide bonds. The summed E-state index contributed by atoms with van der Waals surface area (Å²) in [5.41, 5.74) is 1.52. The first-order valence-electron chi connectivity index (χ1n) is 19.7. The van der Waals surface area contributed by atoms with Crippen LogP contribution in [0.5, 0.6) is 0 Å². The van der Waals surface area contributed by atoms with Gasteiger partial charge in [0.25, 0.3) is 0 Å². The topological polar surface area (TPSA) is 160 Å². The average Bonchev–Trinajstić information content (AvgIpc) is 3.71. The number of urea groups is 1. The number of hydrogen-bond acceptors (Lipinski definition) is 7. The highest BCUT2D eigenvalue weighted by atomic mass is 35.5. The minimum Gasteiger partial charge on any atom is -0.391 e. The molecule has 2 heterocycles. The second-order valence-corrected chi connectivity index (χ2v) is 14.9. The normalized spacial score (nSPS) is 17.1. The van der Waals surface area contributed by atoms with E-state index in [1.807, 2.05) is 30.3 Å². The number of aromatic nitrogens is 2. The number of aliphatic hydroxyl groups is 1. The van der Waals surface area contributed by atoms with Crippen LogP contribution in [0.4, 0.5) is 4.79 Å². The summed E-state index contributed by atoms with van der Waals surface area (Å²) in [5.74, 6) is -0.0743. The van der Waals surface area contributed by atoms with E-state index in [-0.39, 0.29) is 50.0 Å². The van der Waals surface area contributed by atoms with Gasteiger partial charge in [-0.3, -0.25) is 14.4 Å². The standard InChI is InChI=1S/C40H63N7O6.ClH/c1-5-29(6-2)25-36(48)33(23-30-13-9-7-10-14-30)43-38(50)35(26-32-27-41-28-42-32)46(4)39(51)34(24-31-15-11-8-12-16-31)44-40(52)45(3)18-17-37(49)47-19-21-53-22-20-47;/h8,11-12,15-16,27-30,33-36,48H,5-7,9-10,13-14,17-26H2,1-4H3,(H,41,42)(H,43,50)(H,44,52);1H/t33-,34-,35-,36-;/m0./s1. The van der Waals surface area contributed by atoms with Crippen molar-refractivity contribution in [3.05, 3.63) is 54.1 Å². The highest BCUT2D eigenvalue weighted by molar-refractivity contribution is 5.92. The highest BCUT2D eigenvalue weighted by Gasteiger charge is 2.36. The number of nitrogens with one attached hydrogen (secondary N) is 3. The lowest BCUT2D eigenvalue weighted by molar-refractivity contribution is -0.141. The Bertz CT molecular complexity index is 1400. The van der Waals surface area contributed by atoms with Gasteiger partial charge in [0.1, 0.15) is 12.1 Å². The van der Waals surface area contributed by atoms with Crippen molar-refractivity contribution in [2.45, 2.75) is 115 Å². The van der Waals surface area contributed by atoms with Gasteiger partial charge in [0.15, 0.2) is 0 Å². The molecular weight excluding hydrogens is 710 g/mol. The van der Waals surface area contributed by atoms with E-state index in [0.717, 1.165) is 44.1 Å². The lowest BCUT2D eigenvalue weighted by atomic mass is 9.82. The Balaban J connectivity index is 0.00000784. The van der Waals surface area contributed by atoms with Crippen molar-refractivity contribution in [3.63, 3.8) is 0 Å². The summed E-state index contributed by atoms with van der Waals surface area (Å²) in [6.45, 7) is 6.49. The molecule has 1 aliphatic heterocycles. The average molecular weight is 774 g/mol. The van der Waals surface area contributed by atoms with E-state index in [1.54, 1.807) is 25.2 Å². The number of H-pyrrole nitrogens is 1. The highest BCUT2D eigenvalue weighted by Crippen LogP contribution is 2.29. The molecule has 302 valence electrons. The zero-order chi connectivity index (χ0) is 38.2. The molecule has 1 aromatic carbocycles. The number of imidazole rings is 1. The van der Waals surface area contributed by atoms with Crippen LogP contribution < -0.4 is 10.6 Å². The summed E-state index contributed by atoms with van der Waals surface area (Å²) in [7, 11) is 3.19. The summed E-state index contributed by atoms with van der Waals surface area (Å²) in [6.07, 6.45) is 11.9. The predicted molar refractivity (Wildman–Crippen MR) is 211 cm³/mol. The number of carbonyl (C=O) groups excluding carboxylic acids is 4. The maximum Gasteiger partial charge on any atom is 0.317 e. The van der Waals surface area contributed by atoms with Gasteiger partial charge in [0, 0.05) is 64.9 Å². The first-order chi connectivity index (χ1) is 25.6. The molecule has 0 radical (unpaired) electrons. The van der Waals surface area contributed by atoms with Gasteiger partial charge in [-0.1, -0.05) is 89.1 Å². The quantitative estimate of drug-likeness (QED) is 0.165. The zero-order valence-electron chi connectivity index (χ0n) is 32.7. The number of halogens is 1. The van der Waals surface area contributed by atoms with Crippen LogP contribution in [0.25, 0.3) is 0 Å². The number of carbonyl (C=O) groups is 4. The zero-order valence-corrected chi connectivity index (χ0v) is 33.5. The van der Waals surface area contributed by atoms with E-state index in [9.17, 15) is 24.3 Å². The van der Waals surface area contributed by atoms with Gasteiger partial charge in [-0.25, -0.2) is 9.78 Å². The monoisotopic (exact) mass is 773 g/mol. The molecule has 4 atom stereocenters. The third kappa shape index (κ3) is 13.9. The molecule has 4 rings (SSSR count). The molecule has 1 aromatic heterocycles. The summed E-state index contributed by atoms with van der Waals surface area (Å²) < 4.78 is 5.35. The molecule has 14 heteroatoms. The number of ether oxygens (including phenoxy) is 1. The van der Waals surface area contributed by atoms with Crippen LogP contribution in [-0.4, -0.2) is 125 Å². The van der Waals surface area contributed by atoms with Gasteiger partial charge in [-0.15, -0.1) is 12.4 Å². The number of aromatic amines is 1. The van der Waals surface area contributed by atoms with Crippen molar-refractivity contribution in [2.24, 2.45) is 11.8 Å². The van der Waals surface area contributed by atoms with Gasteiger partial charge in [-0.2, -0.15) is 0 Å². The van der Waals surface area contributed by atoms with E-state index >= 15 is 0 Å². The van der Waals surface area contributed by atoms with Crippen molar-refractivity contribution in [2.75, 3.05) is 46.9 Å². The fourth-order valence-corrected chi connectivity index (χ4v) is 7.56. The van der Waals surface area contributed by atoms with Crippen molar-refractivity contribution in [1.82, 2.24) is 35.3 Å². The number of morpholine rings is 1. The molecule has 1 aliphatic carbocycles. The van der Waals surface area contributed by atoms with Crippen molar-refractivity contribution in [3.8, 4) is 0 Å². The van der Waals surface area contributed by atoms with Crippen LogP contribution in [0, 0.1) is 11.8 Å². The maximum absolute atomic E-state index is 14.5. The van der Waals surface area contributed by atoms with E-state index in [2.05, 4.69) is 34.4 Å². The molecule has 1 saturated carbocycles. The second kappa shape index (κ2) is 23.3. The molecule has 2 aromatic rings. The van der Waals surface area contributed by atoms with Gasteiger partial charge < -0.3 is 40.2 Å². The maximum atomic E-state index is 14.5. The number of nitrogens with zero attached hydrogens (tertiary/aromatic N) is 4. The Kier molecular flexibility index (Phi) is 19.3. The predicted octanol–water partition coefficient (Wildman–Crippen LogP) is 4.35. The van der Waals surface area contributed by atoms with Crippen molar-refractivity contribution >= 4 is 36.2 Å². The lowest BCUT2D eigenvalue weighted by Gasteiger charge is -2.35. The number of aliphatic hydroxyl groups excluding tert-OH is 1. The smallest absolute Gasteiger partial charge is 0.317 e. The molecule has 4 N–H and O–H groups in total. The molecule has 1 saturated heterocycles. The van der Waals surface area contributed by atoms with Crippen LogP contribution in [0.1, 0.15) is 89.3 Å². The van der Waals surface area contributed by atoms with E-state index in [1.165, 1.54) is 22.5 Å². The summed E-state index contributed by atoms with van der Waals surface area (Å²) in [5, 5.41) is 17.7. The Morgan fingerprint density at radius 3 is 2.31 bits per heavy atom. The Morgan fingerprint density at radius 2 is 1.69 bits per heavy atom. The SMILES string of the molecule is CCC(CC)C[C@H](O)[C@H](CC1CCCCC1)NC(=O)[C@H](Cc1cnc[nH]1)N(C)C(=O)[C@H](Cc1ccccc1)NC(=O)N(C)CCC(=O)N1CCOCC1.Cl. The van der Waals surface area contributed by atoms with E-state index < -0.39 is 36.2 Å². The third-order valence-corrected chi connectivity index (χ3v) is 11.2. The molecular formula is C40H64ClN7O6. The van der Waals surface area contributed by atoms with Gasteiger partial charge in [0.2, 0.25) is 17.7 Å². The molecule has 13 nitrogen and oxygen atoms in total. The fourth-order valence-electron chi connectivity index (χ4n) is 7.56. The van der Waals surface area contributed by atoms with Crippen molar-refractivity contribution in [1.29, 1.82) is 0 Å². The number of benzene rings is 1. The van der Waals surface area contributed by atoms with Gasteiger partial charge in [-0.05, 0) is 30.2 Å². The first kappa shape index (κ1) is 44.7. The van der Waals surface area contributed by atoms with Crippen LogP contribution in [-0.2, 0) is 32.0 Å². The molecule has 2 fully saturated rings. The van der Waals surface area contributed by atoms with E-state index in [4.69, 9.17) is 4.74 Å². The largest absolute Gasteiger partial charge is 0.391 e. The summed E-state index contributed by atoms with van der Waals surface area (Å²) in [4.78, 5) is 67.0. The number of amides is 5. The molecule has 0 bridgehead atoms. The van der Waals surface area contributed by atoms with Crippen LogP contribution in [0.3, 0.4) is 0 Å². The van der Waals surface area contributed by atoms with Crippen LogP contribution in [0.2, 0.25) is 0 Å². The Morgan fingerprint density at radius 1 is 1.00 bits per heavy atom. The third-order valence-electron chi connectivity index (χ3n) is 11.2. The van der Waals surface area contributed by atoms with E-state index in [0.29, 0.717) is 56.7 Å². The Labute approximate surface area is 327 Å². The minimum absolute atomic E-state index is 0. The number of likely N-dealkylation sites (N-methyl/N-ethyl adjacent to an activating group) is 1. The van der Waals surface area contributed by atoms with Crippen molar-refractivity contribution < 1.29 is 29.0 Å². The molecule has 2 aliphatic rings. The van der Waals surface area contributed by atoms with Crippen LogP contribution in [0.15, 0.2) is 42.9 Å². The van der Waals surface area contributed by atoms with Gasteiger partial charge >= 0.3 is 6.03 Å². The molecule has 0 spiro atoms. The second-order valence-electron chi connectivity index (χ2n) is 14.9. The Hall–Kier alpha value is -3.68. The van der Waals surface area contributed by atoms with Crippen LogP contribution >= 0.6 is 12.4 Å². The minimum atomic E-state index is -0.997. The molecule has 0 unspecified atom stereocenters. The number of hydrogen-bond donors (Lipinski definition) is 4. The first-order valence-corrected chi connectivity index (χ1v) is 19.7.